The number of nitrogens with two attached hydrogens (primary N) is 1. The molecule has 0 fully saturated rings. The number of anilines is 1. The quantitative estimate of drug-likeness (QED) is 0.806. The minimum atomic E-state index is -0.959. The summed E-state index contributed by atoms with van der Waals surface area (Å²) < 4.78 is 13.0. The maximum atomic E-state index is 13.0. The summed E-state index contributed by atoms with van der Waals surface area (Å²) in [5.41, 5.74) is 7.04. The normalized spacial score (nSPS) is 12.4. The number of hydrogen-bond donors (Lipinski definition) is 2. The lowest BCUT2D eigenvalue weighted by atomic mass is 10.0. The van der Waals surface area contributed by atoms with Crippen LogP contribution in [0.4, 0.5) is 10.1 Å². The van der Waals surface area contributed by atoms with E-state index in [-0.39, 0.29) is 0 Å². The molecule has 88 valence electrons. The summed E-state index contributed by atoms with van der Waals surface area (Å²) in [6, 6.07) is 10.6. The van der Waals surface area contributed by atoms with Crippen LogP contribution in [0, 0.1) is 5.82 Å². The maximum absolute atomic E-state index is 13.0. The van der Waals surface area contributed by atoms with Crippen molar-refractivity contribution in [1.29, 1.82) is 0 Å². The third-order valence-corrected chi connectivity index (χ3v) is 2.81. The molecule has 17 heavy (non-hydrogen) atoms. The highest BCUT2D eigenvalue weighted by molar-refractivity contribution is 6.31. The van der Waals surface area contributed by atoms with Crippen LogP contribution in [0.1, 0.15) is 17.2 Å². The zero-order valence-electron chi connectivity index (χ0n) is 8.90. The van der Waals surface area contributed by atoms with Crippen LogP contribution in [0.15, 0.2) is 42.5 Å². The molecule has 0 aromatic heterocycles. The monoisotopic (exact) mass is 251 g/mol. The van der Waals surface area contributed by atoms with Crippen molar-refractivity contribution < 1.29 is 9.50 Å². The summed E-state index contributed by atoms with van der Waals surface area (Å²) in [7, 11) is 0. The number of nitrogen functional groups attached to an aromatic ring is 1. The van der Waals surface area contributed by atoms with E-state index in [2.05, 4.69) is 0 Å². The highest BCUT2D eigenvalue weighted by Gasteiger charge is 2.14. The number of aliphatic hydroxyl groups excluding tert-OH is 1. The van der Waals surface area contributed by atoms with Crippen LogP contribution < -0.4 is 5.73 Å². The number of aliphatic hydroxyl groups is 1. The first-order valence-electron chi connectivity index (χ1n) is 5.06. The molecule has 2 rings (SSSR count). The Morgan fingerprint density at radius 1 is 1.18 bits per heavy atom. The summed E-state index contributed by atoms with van der Waals surface area (Å²) in [5, 5.41) is 10.5. The summed E-state index contributed by atoms with van der Waals surface area (Å²) in [6.45, 7) is 0. The molecule has 0 saturated carbocycles. The largest absolute Gasteiger partial charge is 0.399 e. The molecule has 0 saturated heterocycles. The molecule has 1 unspecified atom stereocenters. The number of rotatable bonds is 2. The van der Waals surface area contributed by atoms with Gasteiger partial charge >= 0.3 is 0 Å². The molecular weight excluding hydrogens is 241 g/mol. The summed E-state index contributed by atoms with van der Waals surface area (Å²) in [4.78, 5) is 0. The van der Waals surface area contributed by atoms with Crippen LogP contribution in [0.5, 0.6) is 0 Å². The van der Waals surface area contributed by atoms with Crippen LogP contribution in [0.3, 0.4) is 0 Å². The number of benzene rings is 2. The Hall–Kier alpha value is -1.58. The molecule has 0 spiro atoms. The van der Waals surface area contributed by atoms with Gasteiger partial charge in [-0.05, 0) is 29.8 Å². The van der Waals surface area contributed by atoms with E-state index in [0.29, 0.717) is 21.8 Å². The van der Waals surface area contributed by atoms with Gasteiger partial charge in [0, 0.05) is 16.3 Å². The molecule has 0 aliphatic carbocycles. The summed E-state index contributed by atoms with van der Waals surface area (Å²) in [5.74, 6) is -0.395. The van der Waals surface area contributed by atoms with E-state index in [1.165, 1.54) is 12.1 Å². The Bertz CT molecular complexity index is 545. The molecule has 3 N–H and O–H groups in total. The highest BCUT2D eigenvalue weighted by Crippen LogP contribution is 2.29. The van der Waals surface area contributed by atoms with Gasteiger partial charge in [-0.2, -0.15) is 0 Å². The Morgan fingerprint density at radius 3 is 2.59 bits per heavy atom. The Labute approximate surface area is 103 Å². The van der Waals surface area contributed by atoms with Crippen LogP contribution in [-0.4, -0.2) is 5.11 Å². The SMILES string of the molecule is Nc1ccc(C(O)c2cccc(F)c2)c(Cl)c1. The van der Waals surface area contributed by atoms with Crippen LogP contribution in [0.25, 0.3) is 0 Å². The highest BCUT2D eigenvalue weighted by atomic mass is 35.5. The van der Waals surface area contributed by atoms with Crippen molar-refractivity contribution in [3.8, 4) is 0 Å². The van der Waals surface area contributed by atoms with E-state index in [4.69, 9.17) is 17.3 Å². The van der Waals surface area contributed by atoms with Crippen LogP contribution in [0.2, 0.25) is 5.02 Å². The van der Waals surface area contributed by atoms with Gasteiger partial charge in [0.05, 0.1) is 0 Å². The maximum Gasteiger partial charge on any atom is 0.123 e. The zero-order chi connectivity index (χ0) is 12.4. The second kappa shape index (κ2) is 4.73. The van der Waals surface area contributed by atoms with Crippen molar-refractivity contribution in [3.63, 3.8) is 0 Å². The Morgan fingerprint density at radius 2 is 1.94 bits per heavy atom. The first-order valence-corrected chi connectivity index (χ1v) is 5.44. The minimum Gasteiger partial charge on any atom is -0.399 e. The fourth-order valence-electron chi connectivity index (χ4n) is 1.62. The predicted octanol–water partition coefficient (Wildman–Crippen LogP) is 3.14. The lowest BCUT2D eigenvalue weighted by molar-refractivity contribution is 0.220. The van der Waals surface area contributed by atoms with E-state index in [1.807, 2.05) is 0 Å². The first kappa shape index (κ1) is 11.9. The van der Waals surface area contributed by atoms with Crippen LogP contribution in [-0.2, 0) is 0 Å². The average Bonchev–Trinajstić information content (AvgIpc) is 2.28. The van der Waals surface area contributed by atoms with Gasteiger partial charge in [-0.3, -0.25) is 0 Å². The van der Waals surface area contributed by atoms with Gasteiger partial charge in [-0.15, -0.1) is 0 Å². The first-order chi connectivity index (χ1) is 8.08. The van der Waals surface area contributed by atoms with E-state index in [9.17, 15) is 9.50 Å². The second-order valence-electron chi connectivity index (χ2n) is 3.74. The van der Waals surface area contributed by atoms with E-state index in [0.717, 1.165) is 0 Å². The molecule has 0 amide bonds. The average molecular weight is 252 g/mol. The van der Waals surface area contributed by atoms with Gasteiger partial charge in [-0.1, -0.05) is 29.8 Å². The van der Waals surface area contributed by atoms with Crippen molar-refractivity contribution in [1.82, 2.24) is 0 Å². The third kappa shape index (κ3) is 2.57. The second-order valence-corrected chi connectivity index (χ2v) is 4.15. The predicted molar refractivity (Wildman–Crippen MR) is 66.3 cm³/mol. The van der Waals surface area contributed by atoms with Crippen molar-refractivity contribution in [2.24, 2.45) is 0 Å². The molecule has 0 heterocycles. The lowest BCUT2D eigenvalue weighted by Crippen LogP contribution is -2.01. The van der Waals surface area contributed by atoms with E-state index in [1.54, 1.807) is 30.3 Å². The number of halogens is 2. The van der Waals surface area contributed by atoms with Gasteiger partial charge in [-0.25, -0.2) is 4.39 Å². The van der Waals surface area contributed by atoms with Gasteiger partial charge in [0.1, 0.15) is 11.9 Å². The molecule has 2 aromatic rings. The zero-order valence-corrected chi connectivity index (χ0v) is 9.66. The van der Waals surface area contributed by atoms with Gasteiger partial charge in [0.25, 0.3) is 0 Å². The topological polar surface area (TPSA) is 46.2 Å². The standard InChI is InChI=1S/C13H11ClFNO/c14-12-7-10(16)4-5-11(12)13(17)8-2-1-3-9(15)6-8/h1-7,13,17H,16H2. The molecule has 1 atom stereocenters. The molecular formula is C13H11ClFNO. The molecule has 0 aliphatic rings. The molecule has 0 aliphatic heterocycles. The number of hydrogen-bond acceptors (Lipinski definition) is 2. The Kier molecular flexibility index (Phi) is 3.31. The fourth-order valence-corrected chi connectivity index (χ4v) is 1.91. The van der Waals surface area contributed by atoms with E-state index >= 15 is 0 Å². The Balaban J connectivity index is 2.40. The molecule has 4 heteroatoms. The molecule has 2 aromatic carbocycles. The summed E-state index contributed by atoms with van der Waals surface area (Å²) in [6.07, 6.45) is -0.959. The molecule has 0 bridgehead atoms. The van der Waals surface area contributed by atoms with Gasteiger partial charge in [0.2, 0.25) is 0 Å². The van der Waals surface area contributed by atoms with E-state index < -0.39 is 11.9 Å². The van der Waals surface area contributed by atoms with Gasteiger partial charge in [0.15, 0.2) is 0 Å². The fraction of sp³-hybridized carbons (Fsp3) is 0.0769. The lowest BCUT2D eigenvalue weighted by Gasteiger charge is -2.13. The van der Waals surface area contributed by atoms with Gasteiger partial charge < -0.3 is 10.8 Å². The molecule has 0 radical (unpaired) electrons. The van der Waals surface area contributed by atoms with Crippen molar-refractivity contribution in [2.75, 3.05) is 5.73 Å². The summed E-state index contributed by atoms with van der Waals surface area (Å²) >= 11 is 5.98. The van der Waals surface area contributed by atoms with Crippen LogP contribution >= 0.6 is 11.6 Å². The third-order valence-electron chi connectivity index (χ3n) is 2.48. The van der Waals surface area contributed by atoms with Crippen molar-refractivity contribution in [3.05, 3.63) is 64.4 Å². The molecule has 2 nitrogen and oxygen atoms in total. The van der Waals surface area contributed by atoms with Crippen molar-refractivity contribution in [2.45, 2.75) is 6.10 Å². The van der Waals surface area contributed by atoms with Crippen molar-refractivity contribution >= 4 is 17.3 Å². The minimum absolute atomic E-state index is 0.363. The smallest absolute Gasteiger partial charge is 0.123 e.